The van der Waals surface area contributed by atoms with Crippen LogP contribution in [-0.4, -0.2) is 36.1 Å². The summed E-state index contributed by atoms with van der Waals surface area (Å²) in [5.74, 6) is 1.02. The van der Waals surface area contributed by atoms with Crippen molar-refractivity contribution in [3.05, 3.63) is 29.5 Å². The molecule has 19 heavy (non-hydrogen) atoms. The van der Waals surface area contributed by atoms with E-state index in [1.54, 1.807) is 7.11 Å². The Labute approximate surface area is 113 Å². The smallest absolute Gasteiger partial charge is 0.128 e. The van der Waals surface area contributed by atoms with Gasteiger partial charge in [-0.2, -0.15) is 0 Å². The predicted octanol–water partition coefficient (Wildman–Crippen LogP) is 2.74. The van der Waals surface area contributed by atoms with Crippen LogP contribution in [0.5, 0.6) is 5.75 Å². The molecule has 1 saturated heterocycles. The number of benzene rings is 1. The highest BCUT2D eigenvalue weighted by Crippen LogP contribution is 2.36. The quantitative estimate of drug-likeness (QED) is 0.849. The molecular weight excluding hydrogens is 236 g/mol. The molecule has 1 N–H and O–H groups in total. The van der Waals surface area contributed by atoms with Crippen LogP contribution in [-0.2, 0) is 12.8 Å². The van der Waals surface area contributed by atoms with Crippen LogP contribution in [0.15, 0.2) is 18.2 Å². The molecular formula is C16H20N2O. The van der Waals surface area contributed by atoms with Crippen molar-refractivity contribution >= 4 is 10.9 Å². The van der Waals surface area contributed by atoms with Gasteiger partial charge in [-0.1, -0.05) is 6.07 Å². The molecule has 3 nitrogen and oxygen atoms in total. The minimum Gasteiger partial charge on any atom is -0.496 e. The lowest BCUT2D eigenvalue weighted by Crippen LogP contribution is -2.30. The van der Waals surface area contributed by atoms with Crippen molar-refractivity contribution in [3.63, 3.8) is 0 Å². The minimum atomic E-state index is 0.741. The third-order valence-electron chi connectivity index (χ3n) is 4.79. The molecule has 2 aliphatic rings. The minimum absolute atomic E-state index is 0.741. The van der Waals surface area contributed by atoms with Crippen LogP contribution >= 0.6 is 0 Å². The molecule has 1 aromatic carbocycles. The molecule has 2 aromatic rings. The fourth-order valence-corrected chi connectivity index (χ4v) is 3.86. The maximum Gasteiger partial charge on any atom is 0.128 e. The van der Waals surface area contributed by atoms with E-state index >= 15 is 0 Å². The highest BCUT2D eigenvalue weighted by atomic mass is 16.5. The van der Waals surface area contributed by atoms with Gasteiger partial charge in [-0.15, -0.1) is 0 Å². The number of hydrogen-bond acceptors (Lipinski definition) is 2. The largest absolute Gasteiger partial charge is 0.496 e. The highest BCUT2D eigenvalue weighted by Gasteiger charge is 2.30. The van der Waals surface area contributed by atoms with E-state index in [-0.39, 0.29) is 0 Å². The van der Waals surface area contributed by atoms with Gasteiger partial charge in [-0.05, 0) is 43.5 Å². The van der Waals surface area contributed by atoms with Gasteiger partial charge in [-0.25, -0.2) is 0 Å². The average molecular weight is 256 g/mol. The lowest BCUT2D eigenvalue weighted by Gasteiger charge is -2.21. The summed E-state index contributed by atoms with van der Waals surface area (Å²) in [6.07, 6.45) is 5.03. The van der Waals surface area contributed by atoms with E-state index in [0.717, 1.165) is 18.2 Å². The van der Waals surface area contributed by atoms with E-state index in [0.29, 0.717) is 0 Å². The van der Waals surface area contributed by atoms with Gasteiger partial charge in [0.05, 0.1) is 7.11 Å². The molecule has 0 aliphatic carbocycles. The van der Waals surface area contributed by atoms with E-state index in [9.17, 15) is 0 Å². The van der Waals surface area contributed by atoms with Crippen LogP contribution in [0.4, 0.5) is 0 Å². The predicted molar refractivity (Wildman–Crippen MR) is 76.9 cm³/mol. The highest BCUT2D eigenvalue weighted by molar-refractivity contribution is 5.90. The zero-order valence-electron chi connectivity index (χ0n) is 11.4. The molecule has 0 amide bonds. The Hall–Kier alpha value is -1.48. The van der Waals surface area contributed by atoms with Crippen molar-refractivity contribution in [1.82, 2.24) is 9.88 Å². The van der Waals surface area contributed by atoms with Crippen LogP contribution < -0.4 is 4.74 Å². The van der Waals surface area contributed by atoms with Crippen molar-refractivity contribution in [2.75, 3.05) is 20.2 Å². The van der Waals surface area contributed by atoms with Crippen molar-refractivity contribution in [1.29, 1.82) is 0 Å². The summed E-state index contributed by atoms with van der Waals surface area (Å²) < 4.78 is 5.57. The number of nitrogens with one attached hydrogen (secondary N) is 1. The number of H-pyrrole nitrogens is 1. The van der Waals surface area contributed by atoms with Crippen LogP contribution in [0, 0.1) is 0 Å². The van der Waals surface area contributed by atoms with Crippen molar-refractivity contribution < 1.29 is 4.74 Å². The van der Waals surface area contributed by atoms with Gasteiger partial charge in [0.25, 0.3) is 0 Å². The second-order valence-corrected chi connectivity index (χ2v) is 5.75. The third kappa shape index (κ3) is 1.68. The molecule has 0 spiro atoms. The molecule has 1 atom stereocenters. The van der Waals surface area contributed by atoms with Gasteiger partial charge in [0, 0.05) is 35.6 Å². The first-order chi connectivity index (χ1) is 9.36. The zero-order valence-corrected chi connectivity index (χ0v) is 11.4. The van der Waals surface area contributed by atoms with Gasteiger partial charge < -0.3 is 9.72 Å². The Morgan fingerprint density at radius 1 is 1.32 bits per heavy atom. The van der Waals surface area contributed by atoms with Gasteiger partial charge in [-0.3, -0.25) is 4.90 Å². The molecule has 0 saturated carbocycles. The summed E-state index contributed by atoms with van der Waals surface area (Å²) in [5.41, 5.74) is 4.16. The summed E-state index contributed by atoms with van der Waals surface area (Å²) in [5, 5.41) is 1.31. The third-order valence-corrected chi connectivity index (χ3v) is 4.79. The Kier molecular flexibility index (Phi) is 2.55. The van der Waals surface area contributed by atoms with Crippen molar-refractivity contribution in [2.45, 2.75) is 31.7 Å². The molecule has 3 heterocycles. The van der Waals surface area contributed by atoms with E-state index in [1.807, 2.05) is 0 Å². The average Bonchev–Trinajstić information content (AvgIpc) is 2.98. The van der Waals surface area contributed by atoms with Gasteiger partial charge in [0.2, 0.25) is 0 Å². The Bertz CT molecular complexity index is 616. The standard InChI is InChI=1S/C16H20N2O/c1-19-15-6-2-5-14-16(15)12-10-11-4-3-8-18(11)9-7-13(12)17-14/h2,5-6,11,17H,3-4,7-10H2,1H3/t11-/m1/s1. The number of methoxy groups -OCH3 is 1. The fraction of sp³-hybridized carbons (Fsp3) is 0.500. The van der Waals surface area contributed by atoms with Crippen molar-refractivity contribution in [2.24, 2.45) is 0 Å². The number of rotatable bonds is 1. The maximum atomic E-state index is 5.57. The lowest BCUT2D eigenvalue weighted by molar-refractivity contribution is 0.263. The molecule has 4 rings (SSSR count). The molecule has 0 unspecified atom stereocenters. The first kappa shape index (κ1) is 11.4. The first-order valence-electron chi connectivity index (χ1n) is 7.27. The second kappa shape index (κ2) is 4.27. The van der Waals surface area contributed by atoms with E-state index < -0.39 is 0 Å². The number of hydrogen-bond donors (Lipinski definition) is 1. The van der Waals surface area contributed by atoms with Crippen LogP contribution in [0.1, 0.15) is 24.1 Å². The number of aromatic nitrogens is 1. The maximum absolute atomic E-state index is 5.57. The van der Waals surface area contributed by atoms with Gasteiger partial charge in [0.15, 0.2) is 0 Å². The van der Waals surface area contributed by atoms with Crippen LogP contribution in [0.25, 0.3) is 10.9 Å². The molecule has 0 radical (unpaired) electrons. The van der Waals surface area contributed by atoms with E-state index in [4.69, 9.17) is 4.74 Å². The van der Waals surface area contributed by atoms with Crippen LogP contribution in [0.3, 0.4) is 0 Å². The zero-order chi connectivity index (χ0) is 12.8. The summed E-state index contributed by atoms with van der Waals surface area (Å²) in [6.45, 7) is 2.48. The number of fused-ring (bicyclic) bond motifs is 4. The Morgan fingerprint density at radius 3 is 3.16 bits per heavy atom. The fourth-order valence-electron chi connectivity index (χ4n) is 3.86. The first-order valence-corrected chi connectivity index (χ1v) is 7.27. The topological polar surface area (TPSA) is 28.3 Å². The molecule has 0 bridgehead atoms. The summed E-state index contributed by atoms with van der Waals surface area (Å²) in [4.78, 5) is 6.28. The molecule has 1 fully saturated rings. The Balaban J connectivity index is 1.88. The number of ether oxygens (including phenoxy) is 1. The number of aromatic amines is 1. The summed E-state index contributed by atoms with van der Waals surface area (Å²) in [7, 11) is 1.77. The summed E-state index contributed by atoms with van der Waals surface area (Å²) in [6, 6.07) is 7.05. The van der Waals surface area contributed by atoms with Gasteiger partial charge >= 0.3 is 0 Å². The van der Waals surface area contributed by atoms with Crippen molar-refractivity contribution in [3.8, 4) is 5.75 Å². The molecule has 2 aliphatic heterocycles. The monoisotopic (exact) mass is 256 g/mol. The lowest BCUT2D eigenvalue weighted by atomic mass is 10.0. The van der Waals surface area contributed by atoms with Crippen LogP contribution in [0.2, 0.25) is 0 Å². The van der Waals surface area contributed by atoms with E-state index in [1.165, 1.54) is 54.5 Å². The second-order valence-electron chi connectivity index (χ2n) is 5.75. The molecule has 3 heteroatoms. The SMILES string of the molecule is COc1cccc2[nH]c3c(c12)C[C@H]1CCCN1CC3. The Morgan fingerprint density at radius 2 is 2.26 bits per heavy atom. The molecule has 100 valence electrons. The normalized spacial score (nSPS) is 23.1. The number of nitrogens with zero attached hydrogens (tertiary/aromatic N) is 1. The van der Waals surface area contributed by atoms with E-state index in [2.05, 4.69) is 28.1 Å². The van der Waals surface area contributed by atoms with Gasteiger partial charge in [0.1, 0.15) is 5.75 Å². The summed E-state index contributed by atoms with van der Waals surface area (Å²) >= 11 is 0. The molecule has 1 aromatic heterocycles.